The molecule has 3 aromatic rings. The first kappa shape index (κ1) is 19.0. The van der Waals surface area contributed by atoms with E-state index in [9.17, 15) is 13.2 Å². The Kier molecular flexibility index (Phi) is 5.25. The van der Waals surface area contributed by atoms with E-state index in [1.807, 2.05) is 44.2 Å². The molecular weight excluding hydrogens is 362 g/mol. The largest absolute Gasteiger partial charge is 0.295 e. The van der Waals surface area contributed by atoms with Gasteiger partial charge in [-0.1, -0.05) is 30.3 Å². The summed E-state index contributed by atoms with van der Waals surface area (Å²) >= 11 is 0. The van der Waals surface area contributed by atoms with Crippen molar-refractivity contribution in [1.82, 2.24) is 14.5 Å². The van der Waals surface area contributed by atoms with Gasteiger partial charge in [0.05, 0.1) is 16.3 Å². The van der Waals surface area contributed by atoms with Gasteiger partial charge in [-0.25, -0.2) is 17.8 Å². The molecular formula is C20H21N3O3S. The lowest BCUT2D eigenvalue weighted by atomic mass is 10.2. The molecule has 1 heterocycles. The molecule has 0 saturated heterocycles. The number of ketones is 1. The summed E-state index contributed by atoms with van der Waals surface area (Å²) in [7, 11) is -3.74. The number of rotatable bonds is 6. The number of sulfonamides is 1. The van der Waals surface area contributed by atoms with Gasteiger partial charge in [-0.3, -0.25) is 4.79 Å². The van der Waals surface area contributed by atoms with E-state index >= 15 is 0 Å². The van der Waals surface area contributed by atoms with Crippen LogP contribution in [0.1, 0.15) is 34.2 Å². The van der Waals surface area contributed by atoms with Crippen LogP contribution in [0.4, 0.5) is 0 Å². The number of aromatic nitrogens is 2. The zero-order valence-corrected chi connectivity index (χ0v) is 16.2. The number of para-hydroxylation sites is 1. The van der Waals surface area contributed by atoms with Crippen molar-refractivity contribution in [2.75, 3.05) is 0 Å². The van der Waals surface area contributed by atoms with E-state index in [0.29, 0.717) is 5.56 Å². The van der Waals surface area contributed by atoms with E-state index in [0.717, 1.165) is 22.6 Å². The first-order chi connectivity index (χ1) is 12.8. The average Bonchev–Trinajstić information content (AvgIpc) is 2.95. The highest BCUT2D eigenvalue weighted by Gasteiger charge is 2.18. The molecule has 3 rings (SSSR count). The number of nitrogens with zero attached hydrogens (tertiary/aromatic N) is 2. The Morgan fingerprint density at radius 2 is 1.78 bits per heavy atom. The maximum absolute atomic E-state index is 12.6. The summed E-state index contributed by atoms with van der Waals surface area (Å²) in [4.78, 5) is 11.6. The Hall–Kier alpha value is -2.77. The predicted octanol–water partition coefficient (Wildman–Crippen LogP) is 3.17. The van der Waals surface area contributed by atoms with Crippen LogP contribution in [0.2, 0.25) is 0 Å². The van der Waals surface area contributed by atoms with Crippen LogP contribution >= 0.6 is 0 Å². The number of carbonyl (C=O) groups excluding carboxylic acids is 1. The minimum Gasteiger partial charge on any atom is -0.295 e. The molecule has 2 aromatic carbocycles. The van der Waals surface area contributed by atoms with E-state index in [1.165, 1.54) is 19.1 Å². The van der Waals surface area contributed by atoms with Crippen LogP contribution in [0, 0.1) is 13.8 Å². The van der Waals surface area contributed by atoms with E-state index in [1.54, 1.807) is 16.8 Å². The number of nitrogens with one attached hydrogen (secondary N) is 1. The maximum atomic E-state index is 12.6. The Morgan fingerprint density at radius 3 is 2.44 bits per heavy atom. The Labute approximate surface area is 158 Å². The van der Waals surface area contributed by atoms with Crippen molar-refractivity contribution in [2.24, 2.45) is 0 Å². The van der Waals surface area contributed by atoms with Crippen molar-refractivity contribution < 1.29 is 13.2 Å². The Bertz CT molecular complexity index is 1090. The molecule has 1 aromatic heterocycles. The summed E-state index contributed by atoms with van der Waals surface area (Å²) < 4.78 is 29.7. The SMILES string of the molecule is CC(=O)c1cccc(S(=O)(=O)NCc2c(C)nn(-c3ccccc3)c2C)c1. The van der Waals surface area contributed by atoms with Crippen LogP contribution < -0.4 is 4.72 Å². The number of hydrogen-bond donors (Lipinski definition) is 1. The van der Waals surface area contributed by atoms with Crippen LogP contribution in [0.5, 0.6) is 0 Å². The zero-order valence-electron chi connectivity index (χ0n) is 15.4. The topological polar surface area (TPSA) is 81.1 Å². The van der Waals surface area contributed by atoms with Crippen molar-refractivity contribution >= 4 is 15.8 Å². The standard InChI is InChI=1S/C20H21N3O3S/c1-14-20(15(2)23(22-14)18-9-5-4-6-10-18)13-21-27(25,26)19-11-7-8-17(12-19)16(3)24/h4-12,21H,13H2,1-3H3. The van der Waals surface area contributed by atoms with Crippen molar-refractivity contribution in [3.63, 3.8) is 0 Å². The second-order valence-electron chi connectivity index (χ2n) is 6.31. The van der Waals surface area contributed by atoms with Gasteiger partial charge in [-0.05, 0) is 45.0 Å². The van der Waals surface area contributed by atoms with E-state index in [-0.39, 0.29) is 17.2 Å². The smallest absolute Gasteiger partial charge is 0.240 e. The summed E-state index contributed by atoms with van der Waals surface area (Å²) in [6, 6.07) is 15.7. The lowest BCUT2D eigenvalue weighted by molar-refractivity contribution is 0.101. The normalized spacial score (nSPS) is 11.5. The number of aryl methyl sites for hydroxylation is 1. The minimum absolute atomic E-state index is 0.0703. The molecule has 0 fully saturated rings. The van der Waals surface area contributed by atoms with Gasteiger partial charge in [0.1, 0.15) is 0 Å². The highest BCUT2D eigenvalue weighted by Crippen LogP contribution is 2.19. The second kappa shape index (κ2) is 7.46. The average molecular weight is 383 g/mol. The van der Waals surface area contributed by atoms with Gasteiger partial charge in [-0.15, -0.1) is 0 Å². The van der Waals surface area contributed by atoms with Gasteiger partial charge >= 0.3 is 0 Å². The summed E-state index contributed by atoms with van der Waals surface area (Å²) in [5, 5.41) is 4.53. The molecule has 0 amide bonds. The monoisotopic (exact) mass is 383 g/mol. The van der Waals surface area contributed by atoms with Gasteiger partial charge in [-0.2, -0.15) is 5.10 Å². The van der Waals surface area contributed by atoms with E-state index in [4.69, 9.17) is 0 Å². The zero-order chi connectivity index (χ0) is 19.6. The third-order valence-corrected chi connectivity index (χ3v) is 5.83. The first-order valence-electron chi connectivity index (χ1n) is 8.51. The number of carbonyl (C=O) groups is 1. The molecule has 0 aliphatic rings. The molecule has 0 bridgehead atoms. The molecule has 27 heavy (non-hydrogen) atoms. The summed E-state index contributed by atoms with van der Waals surface area (Å²) in [6.45, 7) is 5.29. The molecule has 6 nitrogen and oxygen atoms in total. The Balaban J connectivity index is 1.86. The highest BCUT2D eigenvalue weighted by molar-refractivity contribution is 7.89. The lowest BCUT2D eigenvalue weighted by Crippen LogP contribution is -2.24. The molecule has 0 unspecified atom stereocenters. The molecule has 0 radical (unpaired) electrons. The molecule has 1 N–H and O–H groups in total. The first-order valence-corrected chi connectivity index (χ1v) is 9.99. The molecule has 140 valence electrons. The quantitative estimate of drug-likeness (QED) is 0.663. The van der Waals surface area contributed by atoms with Crippen molar-refractivity contribution in [3.05, 3.63) is 77.1 Å². The summed E-state index contributed by atoms with van der Waals surface area (Å²) in [6.07, 6.45) is 0. The van der Waals surface area contributed by atoms with E-state index in [2.05, 4.69) is 9.82 Å². The van der Waals surface area contributed by atoms with Gasteiger partial charge in [0.2, 0.25) is 10.0 Å². The van der Waals surface area contributed by atoms with Crippen LogP contribution in [0.25, 0.3) is 5.69 Å². The summed E-state index contributed by atoms with van der Waals surface area (Å²) in [5.74, 6) is -0.178. The van der Waals surface area contributed by atoms with Crippen LogP contribution in [-0.4, -0.2) is 24.0 Å². The lowest BCUT2D eigenvalue weighted by Gasteiger charge is -2.09. The van der Waals surface area contributed by atoms with Gasteiger partial charge in [0.15, 0.2) is 5.78 Å². The van der Waals surface area contributed by atoms with Crippen molar-refractivity contribution in [3.8, 4) is 5.69 Å². The Morgan fingerprint density at radius 1 is 1.07 bits per heavy atom. The van der Waals surface area contributed by atoms with Crippen molar-refractivity contribution in [2.45, 2.75) is 32.2 Å². The minimum atomic E-state index is -3.74. The van der Waals surface area contributed by atoms with Crippen LogP contribution in [0.15, 0.2) is 59.5 Å². The molecule has 0 aliphatic carbocycles. The molecule has 0 spiro atoms. The fourth-order valence-electron chi connectivity index (χ4n) is 2.88. The number of Topliss-reactive ketones (excluding diaryl/α,β-unsaturated/α-hetero) is 1. The third-order valence-electron chi connectivity index (χ3n) is 4.43. The second-order valence-corrected chi connectivity index (χ2v) is 8.07. The number of benzene rings is 2. The maximum Gasteiger partial charge on any atom is 0.240 e. The van der Waals surface area contributed by atoms with Crippen molar-refractivity contribution in [1.29, 1.82) is 0 Å². The van der Waals surface area contributed by atoms with Gasteiger partial charge in [0.25, 0.3) is 0 Å². The predicted molar refractivity (Wildman–Crippen MR) is 104 cm³/mol. The van der Waals surface area contributed by atoms with Gasteiger partial charge < -0.3 is 0 Å². The van der Waals surface area contributed by atoms with Crippen LogP contribution in [-0.2, 0) is 16.6 Å². The fourth-order valence-corrected chi connectivity index (χ4v) is 3.93. The van der Waals surface area contributed by atoms with E-state index < -0.39 is 10.0 Å². The molecule has 0 aliphatic heterocycles. The highest BCUT2D eigenvalue weighted by atomic mass is 32.2. The fraction of sp³-hybridized carbons (Fsp3) is 0.200. The molecule has 7 heteroatoms. The number of hydrogen-bond acceptors (Lipinski definition) is 4. The summed E-state index contributed by atoms with van der Waals surface area (Å²) in [5.41, 5.74) is 3.74. The van der Waals surface area contributed by atoms with Crippen LogP contribution in [0.3, 0.4) is 0 Å². The third kappa shape index (κ3) is 3.99. The molecule has 0 saturated carbocycles. The van der Waals surface area contributed by atoms with Gasteiger partial charge in [0, 0.05) is 23.4 Å². The molecule has 0 atom stereocenters.